The molecule has 0 unspecified atom stereocenters. The second kappa shape index (κ2) is 7.75. The van der Waals surface area contributed by atoms with Gasteiger partial charge in [0.05, 0.1) is 13.2 Å². The average Bonchev–Trinajstić information content (AvgIpc) is 2.62. The Hall–Kier alpha value is -1.39. The van der Waals surface area contributed by atoms with E-state index in [0.29, 0.717) is 25.7 Å². The van der Waals surface area contributed by atoms with Crippen LogP contribution in [0.4, 0.5) is 0 Å². The van der Waals surface area contributed by atoms with Crippen molar-refractivity contribution in [2.75, 3.05) is 32.8 Å². The van der Waals surface area contributed by atoms with Crippen LogP contribution in [0.15, 0.2) is 30.3 Å². The van der Waals surface area contributed by atoms with Crippen LogP contribution in [0.1, 0.15) is 37.2 Å². The fraction of sp³-hybridized carbons (Fsp3) is 0.611. The summed E-state index contributed by atoms with van der Waals surface area (Å²) >= 11 is 0. The highest BCUT2D eigenvalue weighted by molar-refractivity contribution is 5.77. The van der Waals surface area contributed by atoms with E-state index in [1.807, 2.05) is 11.0 Å². The normalized spacial score (nSPS) is 24.0. The SMILES string of the molecule is O=C(C[C@H](c1ccccc1)[C@@H]1CCCCN1)N1CCOCC1. The number of ether oxygens (including phenoxy) is 1. The average molecular weight is 302 g/mol. The summed E-state index contributed by atoms with van der Waals surface area (Å²) in [5.74, 6) is 0.543. The van der Waals surface area contributed by atoms with Crippen molar-refractivity contribution in [3.05, 3.63) is 35.9 Å². The molecular formula is C18H26N2O2. The lowest BCUT2D eigenvalue weighted by molar-refractivity contribution is -0.135. The summed E-state index contributed by atoms with van der Waals surface area (Å²) in [5, 5.41) is 3.63. The third kappa shape index (κ3) is 3.87. The van der Waals surface area contributed by atoms with Crippen molar-refractivity contribution < 1.29 is 9.53 Å². The van der Waals surface area contributed by atoms with E-state index in [1.54, 1.807) is 0 Å². The van der Waals surface area contributed by atoms with Crippen LogP contribution < -0.4 is 5.32 Å². The minimum atomic E-state index is 0.268. The zero-order chi connectivity index (χ0) is 15.2. The number of nitrogens with zero attached hydrogens (tertiary/aromatic N) is 1. The smallest absolute Gasteiger partial charge is 0.223 e. The highest BCUT2D eigenvalue weighted by Gasteiger charge is 2.29. The largest absolute Gasteiger partial charge is 0.378 e. The van der Waals surface area contributed by atoms with Crippen LogP contribution in [-0.2, 0) is 9.53 Å². The van der Waals surface area contributed by atoms with Crippen LogP contribution in [0, 0.1) is 0 Å². The Balaban J connectivity index is 1.71. The van der Waals surface area contributed by atoms with Gasteiger partial charge in [0.2, 0.25) is 5.91 Å². The Labute approximate surface area is 132 Å². The molecule has 2 aliphatic rings. The third-order valence-electron chi connectivity index (χ3n) is 4.82. The molecule has 2 fully saturated rings. The summed E-state index contributed by atoms with van der Waals surface area (Å²) < 4.78 is 5.35. The molecule has 0 aliphatic carbocycles. The van der Waals surface area contributed by atoms with Crippen LogP contribution in [0.25, 0.3) is 0 Å². The molecule has 3 rings (SSSR count). The van der Waals surface area contributed by atoms with Crippen molar-refractivity contribution in [3.8, 4) is 0 Å². The first-order valence-electron chi connectivity index (χ1n) is 8.48. The summed E-state index contributed by atoms with van der Waals surface area (Å²) in [6.45, 7) is 3.88. The molecule has 1 aromatic rings. The summed E-state index contributed by atoms with van der Waals surface area (Å²) in [6, 6.07) is 10.9. The van der Waals surface area contributed by atoms with Crippen LogP contribution in [0.2, 0.25) is 0 Å². The number of rotatable bonds is 4. The lowest BCUT2D eigenvalue weighted by Crippen LogP contribution is -2.44. The Morgan fingerprint density at radius 2 is 2.00 bits per heavy atom. The number of carbonyl (C=O) groups is 1. The maximum atomic E-state index is 12.7. The van der Waals surface area contributed by atoms with Crippen molar-refractivity contribution in [2.24, 2.45) is 0 Å². The molecule has 0 aromatic heterocycles. The van der Waals surface area contributed by atoms with Gasteiger partial charge in [0.15, 0.2) is 0 Å². The molecule has 0 radical (unpaired) electrons. The maximum Gasteiger partial charge on any atom is 0.223 e. The van der Waals surface area contributed by atoms with E-state index in [2.05, 4.69) is 29.6 Å². The number of amides is 1. The molecule has 4 heteroatoms. The molecule has 0 spiro atoms. The predicted octanol–water partition coefficient (Wildman–Crippen LogP) is 2.16. The Bertz CT molecular complexity index is 465. The lowest BCUT2D eigenvalue weighted by Gasteiger charge is -2.34. The molecule has 0 saturated carbocycles. The van der Waals surface area contributed by atoms with Crippen LogP contribution >= 0.6 is 0 Å². The van der Waals surface area contributed by atoms with Gasteiger partial charge in [-0.15, -0.1) is 0 Å². The van der Waals surface area contributed by atoms with Crippen LogP contribution in [-0.4, -0.2) is 49.7 Å². The second-order valence-electron chi connectivity index (χ2n) is 6.27. The number of hydrogen-bond donors (Lipinski definition) is 1. The molecule has 4 nitrogen and oxygen atoms in total. The Morgan fingerprint density at radius 3 is 2.68 bits per heavy atom. The quantitative estimate of drug-likeness (QED) is 0.927. The van der Waals surface area contributed by atoms with Gasteiger partial charge >= 0.3 is 0 Å². The van der Waals surface area contributed by atoms with Gasteiger partial charge < -0.3 is 15.0 Å². The first kappa shape index (κ1) is 15.5. The van der Waals surface area contributed by atoms with Gasteiger partial charge in [-0.05, 0) is 24.9 Å². The maximum absolute atomic E-state index is 12.7. The molecule has 1 amide bonds. The van der Waals surface area contributed by atoms with Crippen molar-refractivity contribution in [3.63, 3.8) is 0 Å². The number of hydrogen-bond acceptors (Lipinski definition) is 3. The molecule has 1 aromatic carbocycles. The van der Waals surface area contributed by atoms with Crippen LogP contribution in [0.3, 0.4) is 0 Å². The van der Waals surface area contributed by atoms with Gasteiger partial charge in [-0.25, -0.2) is 0 Å². The molecule has 22 heavy (non-hydrogen) atoms. The van der Waals surface area contributed by atoms with Crippen molar-refractivity contribution >= 4 is 5.91 Å². The van der Waals surface area contributed by atoms with Gasteiger partial charge in [-0.3, -0.25) is 4.79 Å². The monoisotopic (exact) mass is 302 g/mol. The first-order valence-corrected chi connectivity index (χ1v) is 8.48. The van der Waals surface area contributed by atoms with Gasteiger partial charge in [0, 0.05) is 31.5 Å². The first-order chi connectivity index (χ1) is 10.8. The second-order valence-corrected chi connectivity index (χ2v) is 6.27. The van der Waals surface area contributed by atoms with Crippen molar-refractivity contribution in [2.45, 2.75) is 37.6 Å². The zero-order valence-electron chi connectivity index (χ0n) is 13.2. The molecule has 1 N–H and O–H groups in total. The Morgan fingerprint density at radius 1 is 1.23 bits per heavy atom. The molecule has 2 saturated heterocycles. The molecule has 2 heterocycles. The number of morpholine rings is 1. The topological polar surface area (TPSA) is 41.6 Å². The summed E-state index contributed by atoms with van der Waals surface area (Å²) in [4.78, 5) is 14.6. The predicted molar refractivity (Wildman–Crippen MR) is 86.8 cm³/mol. The minimum Gasteiger partial charge on any atom is -0.378 e. The zero-order valence-corrected chi connectivity index (χ0v) is 13.2. The van der Waals surface area contributed by atoms with E-state index >= 15 is 0 Å². The molecule has 120 valence electrons. The summed E-state index contributed by atoms with van der Waals surface area (Å²) in [5.41, 5.74) is 1.28. The number of carbonyl (C=O) groups excluding carboxylic acids is 1. The Kier molecular flexibility index (Phi) is 5.46. The van der Waals surface area contributed by atoms with Gasteiger partial charge in [-0.1, -0.05) is 36.8 Å². The fourth-order valence-corrected chi connectivity index (χ4v) is 3.54. The van der Waals surface area contributed by atoms with E-state index in [-0.39, 0.29) is 11.8 Å². The summed E-state index contributed by atoms with van der Waals surface area (Å²) in [6.07, 6.45) is 4.26. The molecule has 2 aliphatic heterocycles. The number of nitrogens with one attached hydrogen (secondary N) is 1. The van der Waals surface area contributed by atoms with Crippen molar-refractivity contribution in [1.29, 1.82) is 0 Å². The van der Waals surface area contributed by atoms with E-state index in [9.17, 15) is 4.79 Å². The van der Waals surface area contributed by atoms with Crippen LogP contribution in [0.5, 0.6) is 0 Å². The van der Waals surface area contributed by atoms with Gasteiger partial charge in [0.25, 0.3) is 0 Å². The fourth-order valence-electron chi connectivity index (χ4n) is 3.54. The third-order valence-corrected chi connectivity index (χ3v) is 4.82. The van der Waals surface area contributed by atoms with E-state index in [0.717, 1.165) is 26.1 Å². The van der Waals surface area contributed by atoms with E-state index < -0.39 is 0 Å². The van der Waals surface area contributed by atoms with E-state index in [1.165, 1.54) is 18.4 Å². The summed E-state index contributed by atoms with van der Waals surface area (Å²) in [7, 11) is 0. The highest BCUT2D eigenvalue weighted by atomic mass is 16.5. The van der Waals surface area contributed by atoms with E-state index in [4.69, 9.17) is 4.74 Å². The number of piperidine rings is 1. The minimum absolute atomic E-state index is 0.268. The molecular weight excluding hydrogens is 276 g/mol. The lowest BCUT2D eigenvalue weighted by atomic mass is 9.84. The number of benzene rings is 1. The standard InChI is InChI=1S/C18H26N2O2/c21-18(20-10-12-22-13-11-20)14-16(15-6-2-1-3-7-15)17-8-4-5-9-19-17/h1-3,6-7,16-17,19H,4-5,8-14H2/t16-,17+/m1/s1. The van der Waals surface area contributed by atoms with Crippen molar-refractivity contribution in [1.82, 2.24) is 10.2 Å². The highest BCUT2D eigenvalue weighted by Crippen LogP contribution is 2.29. The van der Waals surface area contributed by atoms with Gasteiger partial charge in [0.1, 0.15) is 0 Å². The molecule has 0 bridgehead atoms. The molecule has 2 atom stereocenters. The van der Waals surface area contributed by atoms with Gasteiger partial charge in [-0.2, -0.15) is 0 Å².